The van der Waals surface area contributed by atoms with Crippen molar-refractivity contribution in [3.8, 4) is 0 Å². The summed E-state index contributed by atoms with van der Waals surface area (Å²) in [6, 6.07) is 0. The molecule has 0 amide bonds. The maximum absolute atomic E-state index is 8.78. The molecule has 1 fully saturated rings. The number of hydrogen-bond acceptors (Lipinski definition) is 2. The Morgan fingerprint density at radius 1 is 1.62 bits per heavy atom. The van der Waals surface area contributed by atoms with E-state index in [1.54, 1.807) is 0 Å². The van der Waals surface area contributed by atoms with Crippen molar-refractivity contribution in [1.29, 1.82) is 0 Å². The summed E-state index contributed by atoms with van der Waals surface area (Å²) in [6.45, 7) is -2.05. The topological polar surface area (TPSA) is 23.5 Å². The molecule has 2 heteroatoms. The lowest BCUT2D eigenvalue weighted by Crippen LogP contribution is -2.30. The summed E-state index contributed by atoms with van der Waals surface area (Å²) in [5.74, 6) is 0. The number of piperidine rings is 1. The van der Waals surface area contributed by atoms with Gasteiger partial charge in [-0.25, -0.2) is 0 Å². The van der Waals surface area contributed by atoms with Crippen LogP contribution in [0.25, 0.3) is 0 Å². The van der Waals surface area contributed by atoms with Crippen LogP contribution >= 0.6 is 0 Å². The maximum atomic E-state index is 8.78. The largest absolute Gasteiger partial charge is 0.381 e. The molecule has 0 aromatic heterocycles. The van der Waals surface area contributed by atoms with E-state index in [-0.39, 0.29) is 6.42 Å². The van der Waals surface area contributed by atoms with Crippen molar-refractivity contribution in [1.82, 2.24) is 4.90 Å². The van der Waals surface area contributed by atoms with Crippen LogP contribution in [0.3, 0.4) is 0 Å². The minimum Gasteiger partial charge on any atom is -0.381 e. The van der Waals surface area contributed by atoms with Crippen molar-refractivity contribution < 1.29 is 10.6 Å². The Kier molecular flexibility index (Phi) is 1.02. The highest BCUT2D eigenvalue weighted by atomic mass is 16.3. The van der Waals surface area contributed by atoms with Gasteiger partial charge >= 0.3 is 0 Å². The number of rotatable bonds is 1. The van der Waals surface area contributed by atoms with E-state index >= 15 is 0 Å². The molecule has 0 radical (unpaired) electrons. The molecule has 0 aromatic rings. The van der Waals surface area contributed by atoms with Crippen molar-refractivity contribution in [2.45, 2.75) is 19.2 Å². The van der Waals surface area contributed by atoms with Gasteiger partial charge in [0.25, 0.3) is 0 Å². The van der Waals surface area contributed by atoms with Gasteiger partial charge in [0.15, 0.2) is 0 Å². The van der Waals surface area contributed by atoms with Crippen LogP contribution in [0.5, 0.6) is 0 Å². The van der Waals surface area contributed by atoms with Crippen LogP contribution in [0.2, 0.25) is 0 Å². The van der Waals surface area contributed by atoms with Gasteiger partial charge in [-0.15, -0.1) is 0 Å². The molecule has 0 aliphatic carbocycles. The van der Waals surface area contributed by atoms with Gasteiger partial charge in [0.2, 0.25) is 0 Å². The van der Waals surface area contributed by atoms with E-state index in [1.165, 1.54) is 0 Å². The first-order chi connectivity index (χ1) is 5.42. The van der Waals surface area contributed by atoms with Gasteiger partial charge in [-0.05, 0) is 12.8 Å². The Labute approximate surface area is 55.7 Å². The minimum absolute atomic E-state index is 0.219. The molecule has 0 saturated carbocycles. The van der Waals surface area contributed by atoms with Crippen molar-refractivity contribution in [2.75, 3.05) is 19.8 Å². The molecule has 1 aliphatic rings. The molecule has 1 heterocycles. The fourth-order valence-corrected chi connectivity index (χ4v) is 0.688. The summed E-state index contributed by atoms with van der Waals surface area (Å²) in [5.41, 5.74) is 0. The second-order valence-corrected chi connectivity index (χ2v) is 1.80. The van der Waals surface area contributed by atoms with E-state index in [2.05, 4.69) is 0 Å². The molecule has 0 aromatic carbocycles. The summed E-state index contributed by atoms with van der Waals surface area (Å²) in [5, 5.41) is 8.78. The van der Waals surface area contributed by atoms with Gasteiger partial charge in [-0.1, -0.05) is 6.42 Å². The molecule has 2 nitrogen and oxygen atoms in total. The number of aliphatic hydroxyl groups excluding tert-OH is 1. The molecule has 1 aliphatic heterocycles. The van der Waals surface area contributed by atoms with Crippen molar-refractivity contribution in [2.24, 2.45) is 0 Å². The third-order valence-corrected chi connectivity index (χ3v) is 1.14. The van der Waals surface area contributed by atoms with Crippen LogP contribution in [-0.2, 0) is 0 Å². The number of likely N-dealkylation sites (tertiary alicyclic amines) is 1. The van der Waals surface area contributed by atoms with Crippen molar-refractivity contribution in [3.05, 3.63) is 0 Å². The van der Waals surface area contributed by atoms with Crippen LogP contribution in [0.1, 0.15) is 24.7 Å². The molecule has 48 valence electrons. The molecule has 1 rings (SSSR count). The fraction of sp³-hybridized carbons (Fsp3) is 1.00. The fourth-order valence-electron chi connectivity index (χ4n) is 0.688. The summed E-state index contributed by atoms with van der Waals surface area (Å²) >= 11 is 0. The molecular formula is C6H13NO. The lowest BCUT2D eigenvalue weighted by molar-refractivity contribution is 0.0896. The van der Waals surface area contributed by atoms with Crippen molar-refractivity contribution >= 4 is 0 Å². The molecule has 0 unspecified atom stereocenters. The first-order valence-corrected chi connectivity index (χ1v) is 2.78. The Balaban J connectivity index is 2.82. The highest BCUT2D eigenvalue weighted by molar-refractivity contribution is 4.59. The van der Waals surface area contributed by atoms with Gasteiger partial charge < -0.3 is 5.11 Å². The van der Waals surface area contributed by atoms with E-state index in [4.69, 9.17) is 10.6 Å². The zero-order valence-electron chi connectivity index (χ0n) is 8.72. The average Bonchev–Trinajstić information content (AvgIpc) is 1.95. The van der Waals surface area contributed by atoms with Crippen molar-refractivity contribution in [3.63, 3.8) is 0 Å². The van der Waals surface area contributed by atoms with Crippen LogP contribution in [-0.4, -0.2) is 29.8 Å². The quantitative estimate of drug-likeness (QED) is 0.541. The monoisotopic (exact) mass is 119 g/mol. The highest BCUT2D eigenvalue weighted by Gasteiger charge is 2.06. The van der Waals surface area contributed by atoms with Crippen LogP contribution in [0.15, 0.2) is 0 Å². The Morgan fingerprint density at radius 3 is 3.12 bits per heavy atom. The number of nitrogens with zero attached hydrogens (tertiary/aromatic N) is 1. The maximum Gasteiger partial charge on any atom is 0.0956 e. The molecular weight excluding hydrogens is 102 g/mol. The Hall–Kier alpha value is -0.0800. The molecule has 0 bridgehead atoms. The van der Waals surface area contributed by atoms with E-state index in [9.17, 15) is 0 Å². The zero-order chi connectivity index (χ0) is 9.41. The molecule has 0 atom stereocenters. The summed E-state index contributed by atoms with van der Waals surface area (Å²) in [7, 11) is 0. The SMILES string of the molecule is [2H]C1([2H])CCCN(CO)C1([2H])[2H]. The highest BCUT2D eigenvalue weighted by Crippen LogP contribution is 2.06. The van der Waals surface area contributed by atoms with Gasteiger partial charge in [-0.3, -0.25) is 4.90 Å². The lowest BCUT2D eigenvalue weighted by Gasteiger charge is -2.23. The van der Waals surface area contributed by atoms with Gasteiger partial charge in [0, 0.05) is 18.5 Å². The van der Waals surface area contributed by atoms with E-state index in [0.717, 1.165) is 4.90 Å². The first kappa shape index (κ1) is 2.67. The van der Waals surface area contributed by atoms with Crippen LogP contribution in [0, 0.1) is 0 Å². The normalized spacial score (nSPS) is 43.6. The van der Waals surface area contributed by atoms with Crippen LogP contribution < -0.4 is 0 Å². The first-order valence-electron chi connectivity index (χ1n) is 4.78. The summed E-state index contributed by atoms with van der Waals surface area (Å²) in [6.07, 6.45) is -1.04. The van der Waals surface area contributed by atoms with Crippen LogP contribution in [0.4, 0.5) is 0 Å². The average molecular weight is 119 g/mol. The molecule has 0 spiro atoms. The van der Waals surface area contributed by atoms with E-state index in [0.29, 0.717) is 13.0 Å². The number of hydrogen-bond donors (Lipinski definition) is 1. The van der Waals surface area contributed by atoms with E-state index in [1.807, 2.05) is 0 Å². The Morgan fingerprint density at radius 2 is 2.50 bits per heavy atom. The van der Waals surface area contributed by atoms with Gasteiger partial charge in [-0.2, -0.15) is 0 Å². The molecule has 8 heavy (non-hydrogen) atoms. The molecule has 1 N–H and O–H groups in total. The number of aliphatic hydroxyl groups is 1. The molecule has 1 saturated heterocycles. The summed E-state index contributed by atoms with van der Waals surface area (Å²) in [4.78, 5) is 1.12. The third-order valence-electron chi connectivity index (χ3n) is 1.14. The van der Waals surface area contributed by atoms with Gasteiger partial charge in [0.1, 0.15) is 0 Å². The third kappa shape index (κ3) is 1.46. The minimum atomic E-state index is -2.04. The predicted molar refractivity (Wildman–Crippen MR) is 32.5 cm³/mol. The Bertz CT molecular complexity index is 173. The second kappa shape index (κ2) is 3.05. The van der Waals surface area contributed by atoms with Gasteiger partial charge in [0.05, 0.1) is 6.73 Å². The second-order valence-electron chi connectivity index (χ2n) is 1.80. The summed E-state index contributed by atoms with van der Waals surface area (Å²) < 4.78 is 29.7. The smallest absolute Gasteiger partial charge is 0.0956 e. The predicted octanol–water partition coefficient (Wildman–Crippen LogP) is 0.422. The lowest BCUT2D eigenvalue weighted by atomic mass is 10.1. The van der Waals surface area contributed by atoms with E-state index < -0.39 is 19.6 Å². The standard InChI is InChI=1S/C6H13NO/c8-6-7-4-2-1-3-5-7/h8H,1-6H2/i2D2,4D2. The zero-order valence-corrected chi connectivity index (χ0v) is 4.72.